The number of hydrogen-bond acceptors (Lipinski definition) is 0. The lowest BCUT2D eigenvalue weighted by molar-refractivity contribution is 0.192. The molecule has 62 valence electrons. The first kappa shape index (κ1) is 6.51. The molecule has 4 rings (SSSR count). The molecule has 4 bridgehead atoms. The van der Waals surface area contributed by atoms with Crippen molar-refractivity contribution in [1.29, 1.82) is 0 Å². The van der Waals surface area contributed by atoms with E-state index in [9.17, 15) is 0 Å². The SMILES string of the molecule is CCC1C2CC3CC(C2)C1C3. The van der Waals surface area contributed by atoms with Crippen LogP contribution in [0.3, 0.4) is 0 Å². The molecule has 0 heteroatoms. The quantitative estimate of drug-likeness (QED) is 0.539. The van der Waals surface area contributed by atoms with Crippen molar-refractivity contribution in [2.45, 2.75) is 39.0 Å². The van der Waals surface area contributed by atoms with Crippen molar-refractivity contribution in [1.82, 2.24) is 0 Å². The Morgan fingerprint density at radius 1 is 1.00 bits per heavy atom. The maximum atomic E-state index is 2.40. The van der Waals surface area contributed by atoms with Crippen molar-refractivity contribution < 1.29 is 0 Å². The third-order valence-electron chi connectivity index (χ3n) is 4.72. The van der Waals surface area contributed by atoms with E-state index < -0.39 is 0 Å². The maximum Gasteiger partial charge on any atom is -0.0352 e. The smallest absolute Gasteiger partial charge is 0.0352 e. The van der Waals surface area contributed by atoms with Gasteiger partial charge in [0.2, 0.25) is 0 Å². The van der Waals surface area contributed by atoms with Gasteiger partial charge in [-0.25, -0.2) is 0 Å². The Morgan fingerprint density at radius 3 is 2.55 bits per heavy atom. The summed E-state index contributed by atoms with van der Waals surface area (Å²) >= 11 is 0. The second-order valence-electron chi connectivity index (χ2n) is 5.06. The first-order valence-corrected chi connectivity index (χ1v) is 5.38. The molecule has 0 amide bonds. The topological polar surface area (TPSA) is 0 Å². The normalized spacial score (nSPS) is 59.2. The zero-order valence-electron chi connectivity index (χ0n) is 7.42. The molecule has 0 radical (unpaired) electrons. The molecular formula is C11H18. The minimum absolute atomic E-state index is 1.15. The average Bonchev–Trinajstić information content (AvgIpc) is 2.40. The minimum atomic E-state index is 1.15. The highest BCUT2D eigenvalue weighted by Gasteiger charge is 2.52. The third kappa shape index (κ3) is 0.711. The second-order valence-corrected chi connectivity index (χ2v) is 5.06. The van der Waals surface area contributed by atoms with Crippen LogP contribution in [0, 0.1) is 29.6 Å². The molecule has 0 aromatic heterocycles. The highest BCUT2D eigenvalue weighted by atomic mass is 14.6. The van der Waals surface area contributed by atoms with Gasteiger partial charge in [0.05, 0.1) is 0 Å². The van der Waals surface area contributed by atoms with Gasteiger partial charge in [-0.05, 0) is 55.3 Å². The van der Waals surface area contributed by atoms with Gasteiger partial charge in [-0.2, -0.15) is 0 Å². The zero-order valence-corrected chi connectivity index (χ0v) is 7.42. The molecule has 4 aliphatic rings. The molecule has 4 aliphatic carbocycles. The summed E-state index contributed by atoms with van der Waals surface area (Å²) in [6.45, 7) is 2.40. The van der Waals surface area contributed by atoms with Gasteiger partial charge < -0.3 is 0 Å². The first-order valence-electron chi connectivity index (χ1n) is 5.38. The molecule has 0 heterocycles. The van der Waals surface area contributed by atoms with Crippen molar-refractivity contribution in [2.24, 2.45) is 29.6 Å². The molecule has 0 aromatic rings. The lowest BCUT2D eigenvalue weighted by Gasteiger charge is -2.31. The predicted molar refractivity (Wildman–Crippen MR) is 46.2 cm³/mol. The predicted octanol–water partition coefficient (Wildman–Crippen LogP) is 3.08. The fraction of sp³-hybridized carbons (Fsp3) is 1.00. The van der Waals surface area contributed by atoms with Crippen molar-refractivity contribution in [2.75, 3.05) is 0 Å². The van der Waals surface area contributed by atoms with E-state index in [2.05, 4.69) is 6.92 Å². The highest BCUT2D eigenvalue weighted by molar-refractivity contribution is 5.02. The van der Waals surface area contributed by atoms with Crippen LogP contribution in [-0.2, 0) is 0 Å². The van der Waals surface area contributed by atoms with Gasteiger partial charge >= 0.3 is 0 Å². The Balaban J connectivity index is 1.91. The molecule has 0 aliphatic heterocycles. The van der Waals surface area contributed by atoms with Crippen molar-refractivity contribution in [3.05, 3.63) is 0 Å². The molecule has 4 saturated carbocycles. The van der Waals surface area contributed by atoms with Gasteiger partial charge in [0, 0.05) is 0 Å². The van der Waals surface area contributed by atoms with E-state index in [0.29, 0.717) is 0 Å². The van der Waals surface area contributed by atoms with E-state index >= 15 is 0 Å². The van der Waals surface area contributed by atoms with E-state index in [1.54, 1.807) is 25.7 Å². The van der Waals surface area contributed by atoms with E-state index in [0.717, 1.165) is 5.92 Å². The summed E-state index contributed by atoms with van der Waals surface area (Å²) in [6.07, 6.45) is 7.90. The molecule has 11 heavy (non-hydrogen) atoms. The standard InChI is InChI=1S/C11H18/c1-2-10-8-3-7-4-9(6-8)11(10)5-7/h7-11H,2-6H2,1H3. The molecule has 0 nitrogen and oxygen atoms in total. The summed E-state index contributed by atoms with van der Waals surface area (Å²) in [5, 5.41) is 0. The lowest BCUT2D eigenvalue weighted by atomic mass is 9.74. The molecule has 5 unspecified atom stereocenters. The first-order chi connectivity index (χ1) is 5.38. The number of rotatable bonds is 1. The van der Waals surface area contributed by atoms with Gasteiger partial charge in [-0.15, -0.1) is 0 Å². The number of hydrogen-bond donors (Lipinski definition) is 0. The molecule has 0 N–H and O–H groups in total. The second kappa shape index (κ2) is 2.02. The van der Waals surface area contributed by atoms with Crippen LogP contribution in [0.4, 0.5) is 0 Å². The summed E-state index contributed by atoms with van der Waals surface area (Å²) in [5.74, 6) is 5.86. The van der Waals surface area contributed by atoms with Crippen LogP contribution < -0.4 is 0 Å². The summed E-state index contributed by atoms with van der Waals surface area (Å²) in [4.78, 5) is 0. The van der Waals surface area contributed by atoms with Crippen LogP contribution in [0.2, 0.25) is 0 Å². The third-order valence-corrected chi connectivity index (χ3v) is 4.72. The van der Waals surface area contributed by atoms with Gasteiger partial charge in [0.15, 0.2) is 0 Å². The maximum absolute atomic E-state index is 2.40. The van der Waals surface area contributed by atoms with Crippen molar-refractivity contribution in [3.8, 4) is 0 Å². The van der Waals surface area contributed by atoms with Gasteiger partial charge in [0.25, 0.3) is 0 Å². The van der Waals surface area contributed by atoms with Gasteiger partial charge in [-0.1, -0.05) is 13.3 Å². The van der Waals surface area contributed by atoms with Crippen LogP contribution in [-0.4, -0.2) is 0 Å². The lowest BCUT2D eigenvalue weighted by Crippen LogP contribution is -2.22. The van der Waals surface area contributed by atoms with Crippen LogP contribution in [0.1, 0.15) is 39.0 Å². The minimum Gasteiger partial charge on any atom is -0.0651 e. The monoisotopic (exact) mass is 150 g/mol. The Bertz CT molecular complexity index is 169. The Hall–Kier alpha value is 0. The average molecular weight is 150 g/mol. The molecule has 0 spiro atoms. The van der Waals surface area contributed by atoms with Crippen LogP contribution in [0.25, 0.3) is 0 Å². The highest BCUT2D eigenvalue weighted by Crippen LogP contribution is 2.61. The van der Waals surface area contributed by atoms with E-state index in [1.807, 2.05) is 0 Å². The van der Waals surface area contributed by atoms with E-state index in [4.69, 9.17) is 0 Å². The fourth-order valence-electron chi connectivity index (χ4n) is 4.51. The van der Waals surface area contributed by atoms with Crippen molar-refractivity contribution in [3.63, 3.8) is 0 Å². The molecule has 0 aromatic carbocycles. The van der Waals surface area contributed by atoms with Gasteiger partial charge in [0.1, 0.15) is 0 Å². The van der Waals surface area contributed by atoms with Crippen LogP contribution in [0.5, 0.6) is 0 Å². The Kier molecular flexibility index (Phi) is 1.20. The van der Waals surface area contributed by atoms with Crippen LogP contribution >= 0.6 is 0 Å². The molecule has 4 fully saturated rings. The summed E-state index contributed by atoms with van der Waals surface area (Å²) in [5.41, 5.74) is 0. The summed E-state index contributed by atoms with van der Waals surface area (Å²) < 4.78 is 0. The van der Waals surface area contributed by atoms with Gasteiger partial charge in [-0.3, -0.25) is 0 Å². The largest absolute Gasteiger partial charge is 0.0651 e. The van der Waals surface area contributed by atoms with E-state index in [1.165, 1.54) is 30.1 Å². The summed E-state index contributed by atoms with van der Waals surface area (Å²) in [7, 11) is 0. The fourth-order valence-corrected chi connectivity index (χ4v) is 4.51. The molecular weight excluding hydrogens is 132 g/mol. The zero-order chi connectivity index (χ0) is 7.42. The molecule has 0 saturated heterocycles. The Labute approximate surface area is 69.4 Å². The summed E-state index contributed by atoms with van der Waals surface area (Å²) in [6, 6.07) is 0. The van der Waals surface area contributed by atoms with Crippen LogP contribution in [0.15, 0.2) is 0 Å². The van der Waals surface area contributed by atoms with E-state index in [-0.39, 0.29) is 0 Å². The Morgan fingerprint density at radius 2 is 1.82 bits per heavy atom. The van der Waals surface area contributed by atoms with Crippen molar-refractivity contribution >= 4 is 0 Å². The molecule has 5 atom stereocenters.